The molecule has 0 bridgehead atoms. The highest BCUT2D eigenvalue weighted by Crippen LogP contribution is 2.32. The Balaban J connectivity index is 2.31. The van der Waals surface area contributed by atoms with Crippen molar-refractivity contribution in [2.45, 2.75) is 6.92 Å². The molecule has 0 spiro atoms. The van der Waals surface area contributed by atoms with Crippen LogP contribution in [-0.4, -0.2) is 29.7 Å². The molecule has 0 saturated carbocycles. The molecule has 0 radical (unpaired) electrons. The van der Waals surface area contributed by atoms with Gasteiger partial charge in [0, 0.05) is 0 Å². The monoisotopic (exact) mass is 287 g/mol. The van der Waals surface area contributed by atoms with Crippen molar-refractivity contribution in [1.29, 1.82) is 0 Å². The molecule has 1 heterocycles. The zero-order valence-corrected chi connectivity index (χ0v) is 12.0. The molecule has 102 valence electrons. The molecule has 0 aliphatic carbocycles. The summed E-state index contributed by atoms with van der Waals surface area (Å²) in [6.07, 6.45) is 6.85. The number of carbonyl (C=O) groups is 2. The van der Waals surface area contributed by atoms with Crippen molar-refractivity contribution < 1.29 is 14.3 Å². The Hall–Kier alpha value is -2.19. The van der Waals surface area contributed by atoms with Crippen LogP contribution in [0.15, 0.2) is 23.1 Å². The van der Waals surface area contributed by atoms with Gasteiger partial charge in [0.15, 0.2) is 0 Å². The van der Waals surface area contributed by atoms with Crippen LogP contribution in [0.3, 0.4) is 0 Å². The van der Waals surface area contributed by atoms with Gasteiger partial charge in [0.1, 0.15) is 5.75 Å². The number of thioether (sulfide) groups is 1. The van der Waals surface area contributed by atoms with Crippen molar-refractivity contribution in [3.8, 4) is 18.1 Å². The highest BCUT2D eigenvalue weighted by molar-refractivity contribution is 8.18. The van der Waals surface area contributed by atoms with Crippen molar-refractivity contribution >= 4 is 29.0 Å². The lowest BCUT2D eigenvalue weighted by molar-refractivity contribution is -0.122. The quantitative estimate of drug-likeness (QED) is 0.633. The zero-order valence-electron chi connectivity index (χ0n) is 11.2. The van der Waals surface area contributed by atoms with Gasteiger partial charge in [-0.3, -0.25) is 14.5 Å². The largest absolute Gasteiger partial charge is 0.497 e. The third kappa shape index (κ3) is 2.70. The maximum atomic E-state index is 12.0. The van der Waals surface area contributed by atoms with Gasteiger partial charge in [-0.2, -0.15) is 0 Å². The molecule has 2 rings (SSSR count). The molecule has 1 saturated heterocycles. The molecule has 0 aromatic heterocycles. The topological polar surface area (TPSA) is 46.6 Å². The molecule has 0 unspecified atom stereocenters. The maximum absolute atomic E-state index is 12.0. The lowest BCUT2D eigenvalue weighted by Gasteiger charge is -2.07. The predicted octanol–water partition coefficient (Wildman–Crippen LogP) is 2.67. The summed E-state index contributed by atoms with van der Waals surface area (Å²) >= 11 is 0.907. The number of nitrogens with zero attached hydrogens (tertiary/aromatic N) is 1. The van der Waals surface area contributed by atoms with Gasteiger partial charge in [-0.05, 0) is 48.0 Å². The number of amides is 2. The van der Waals surface area contributed by atoms with Crippen LogP contribution in [0.1, 0.15) is 11.1 Å². The highest BCUT2D eigenvalue weighted by Gasteiger charge is 2.34. The summed E-state index contributed by atoms with van der Waals surface area (Å²) in [5, 5.41) is -0.328. The minimum absolute atomic E-state index is 0.00357. The molecule has 1 aromatic carbocycles. The van der Waals surface area contributed by atoms with Crippen LogP contribution in [0.2, 0.25) is 0 Å². The minimum atomic E-state index is -0.340. The van der Waals surface area contributed by atoms with Gasteiger partial charge in [0.2, 0.25) is 0 Å². The summed E-state index contributed by atoms with van der Waals surface area (Å²) in [7, 11) is 1.60. The fourth-order valence-electron chi connectivity index (χ4n) is 1.81. The van der Waals surface area contributed by atoms with Crippen molar-refractivity contribution in [2.75, 3.05) is 13.7 Å². The van der Waals surface area contributed by atoms with E-state index in [1.165, 1.54) is 0 Å². The van der Waals surface area contributed by atoms with E-state index in [1.807, 2.05) is 25.1 Å². The lowest BCUT2D eigenvalue weighted by Crippen LogP contribution is -2.28. The number of carbonyl (C=O) groups excluding carboxylic acids is 2. The number of imide groups is 1. The van der Waals surface area contributed by atoms with Gasteiger partial charge in [-0.15, -0.1) is 6.42 Å². The van der Waals surface area contributed by atoms with Gasteiger partial charge in [-0.25, -0.2) is 0 Å². The Labute approximate surface area is 121 Å². The molecule has 1 fully saturated rings. The fourth-order valence-corrected chi connectivity index (χ4v) is 2.64. The zero-order chi connectivity index (χ0) is 14.7. The van der Waals surface area contributed by atoms with E-state index in [4.69, 9.17) is 11.2 Å². The number of hydrogen-bond acceptors (Lipinski definition) is 4. The average molecular weight is 287 g/mol. The molecule has 1 aliphatic rings. The molecule has 5 heteroatoms. The summed E-state index contributed by atoms with van der Waals surface area (Å²) in [5.74, 6) is 2.72. The Kier molecular flexibility index (Phi) is 4.16. The van der Waals surface area contributed by atoms with Crippen molar-refractivity contribution in [3.63, 3.8) is 0 Å². The third-order valence-corrected chi connectivity index (χ3v) is 3.79. The van der Waals surface area contributed by atoms with Crippen LogP contribution in [0.4, 0.5) is 4.79 Å². The fraction of sp³-hybridized carbons (Fsp3) is 0.200. The number of hydrogen-bond donors (Lipinski definition) is 0. The van der Waals surface area contributed by atoms with Crippen LogP contribution in [-0.2, 0) is 4.79 Å². The molecule has 0 N–H and O–H groups in total. The molecule has 0 atom stereocenters. The number of methoxy groups -OCH3 is 1. The number of rotatable bonds is 3. The summed E-state index contributed by atoms with van der Waals surface area (Å²) in [5.41, 5.74) is 1.84. The Morgan fingerprint density at radius 2 is 2.20 bits per heavy atom. The summed E-state index contributed by atoms with van der Waals surface area (Å²) in [4.78, 5) is 25.2. The SMILES string of the molecule is C#CCN1C(=O)S/C(=C\c2ccc(OC)cc2C)C1=O. The Bertz CT molecular complexity index is 643. The second kappa shape index (κ2) is 5.85. The number of terminal acetylenes is 1. The Morgan fingerprint density at radius 3 is 2.80 bits per heavy atom. The molecular weight excluding hydrogens is 274 g/mol. The molecule has 4 nitrogen and oxygen atoms in total. The van der Waals surface area contributed by atoms with E-state index in [2.05, 4.69) is 5.92 Å². The molecule has 2 amide bonds. The van der Waals surface area contributed by atoms with Crippen LogP contribution < -0.4 is 4.74 Å². The lowest BCUT2D eigenvalue weighted by atomic mass is 10.1. The van der Waals surface area contributed by atoms with Crippen LogP contribution in [0.25, 0.3) is 6.08 Å². The second-order valence-corrected chi connectivity index (χ2v) is 5.19. The normalized spacial score (nSPS) is 16.6. The van der Waals surface area contributed by atoms with Gasteiger partial charge in [0.25, 0.3) is 11.1 Å². The van der Waals surface area contributed by atoms with E-state index in [0.717, 1.165) is 33.5 Å². The van der Waals surface area contributed by atoms with E-state index < -0.39 is 0 Å². The molecule has 20 heavy (non-hydrogen) atoms. The van der Waals surface area contributed by atoms with E-state index >= 15 is 0 Å². The first-order chi connectivity index (χ1) is 9.56. The maximum Gasteiger partial charge on any atom is 0.294 e. The van der Waals surface area contributed by atoms with Gasteiger partial charge in [-0.1, -0.05) is 12.0 Å². The smallest absolute Gasteiger partial charge is 0.294 e. The summed E-state index contributed by atoms with van der Waals surface area (Å²) < 4.78 is 5.13. The van der Waals surface area contributed by atoms with Crippen molar-refractivity contribution in [2.24, 2.45) is 0 Å². The predicted molar refractivity (Wildman–Crippen MR) is 79.2 cm³/mol. The van der Waals surface area contributed by atoms with Crippen molar-refractivity contribution in [1.82, 2.24) is 4.90 Å². The third-order valence-electron chi connectivity index (χ3n) is 2.89. The number of aryl methyl sites for hydroxylation is 1. The first kappa shape index (κ1) is 14.2. The molecular formula is C15H13NO3S. The highest BCUT2D eigenvalue weighted by atomic mass is 32.2. The number of ether oxygens (including phenoxy) is 1. The van der Waals surface area contributed by atoms with Gasteiger partial charge in [0.05, 0.1) is 18.6 Å². The van der Waals surface area contributed by atoms with E-state index in [0.29, 0.717) is 4.91 Å². The summed E-state index contributed by atoms with van der Waals surface area (Å²) in [6, 6.07) is 5.53. The van der Waals surface area contributed by atoms with Crippen LogP contribution >= 0.6 is 11.8 Å². The van der Waals surface area contributed by atoms with E-state index in [-0.39, 0.29) is 17.7 Å². The van der Waals surface area contributed by atoms with Crippen molar-refractivity contribution in [3.05, 3.63) is 34.2 Å². The minimum Gasteiger partial charge on any atom is -0.497 e. The van der Waals surface area contributed by atoms with Gasteiger partial charge >= 0.3 is 0 Å². The van der Waals surface area contributed by atoms with Gasteiger partial charge < -0.3 is 4.74 Å². The molecule has 1 aliphatic heterocycles. The van der Waals surface area contributed by atoms with Crippen LogP contribution in [0.5, 0.6) is 5.75 Å². The standard InChI is InChI=1S/C15H13NO3S/c1-4-7-16-14(17)13(20-15(16)18)9-11-5-6-12(19-3)8-10(11)2/h1,5-6,8-9H,7H2,2-3H3/b13-9-. The first-order valence-electron chi connectivity index (χ1n) is 5.90. The Morgan fingerprint density at radius 1 is 1.45 bits per heavy atom. The van der Waals surface area contributed by atoms with Crippen LogP contribution in [0, 0.1) is 19.3 Å². The average Bonchev–Trinajstić information content (AvgIpc) is 2.69. The number of benzene rings is 1. The molecule has 1 aromatic rings. The summed E-state index contributed by atoms with van der Waals surface area (Å²) in [6.45, 7) is 1.92. The van der Waals surface area contributed by atoms with E-state index in [1.54, 1.807) is 13.2 Å². The van der Waals surface area contributed by atoms with E-state index in [9.17, 15) is 9.59 Å². The second-order valence-electron chi connectivity index (χ2n) is 4.19. The first-order valence-corrected chi connectivity index (χ1v) is 6.72.